The lowest BCUT2D eigenvalue weighted by Gasteiger charge is -2.16. The second kappa shape index (κ2) is 20.7. The van der Waals surface area contributed by atoms with Crippen LogP contribution in [0, 0.1) is 22.0 Å². The first kappa shape index (κ1) is 39.8. The van der Waals surface area contributed by atoms with Crippen LogP contribution in [0.2, 0.25) is 0 Å². The van der Waals surface area contributed by atoms with Gasteiger partial charge >= 0.3 is 5.97 Å². The van der Waals surface area contributed by atoms with E-state index in [4.69, 9.17) is 14.2 Å². The summed E-state index contributed by atoms with van der Waals surface area (Å²) in [4.78, 5) is 72.2. The zero-order valence-electron chi connectivity index (χ0n) is 28.1. The third kappa shape index (κ3) is 13.0. The first-order valence-corrected chi connectivity index (χ1v) is 15.9. The third-order valence-corrected chi connectivity index (χ3v) is 7.23. The van der Waals surface area contributed by atoms with E-state index in [1.54, 1.807) is 0 Å². The van der Waals surface area contributed by atoms with Gasteiger partial charge in [0, 0.05) is 51.7 Å². The van der Waals surface area contributed by atoms with Gasteiger partial charge in [-0.1, -0.05) is 34.1 Å². The van der Waals surface area contributed by atoms with Crippen molar-refractivity contribution in [1.29, 1.82) is 0 Å². The molecule has 4 amide bonds. The number of unbranched alkanes of at least 4 members (excludes halogenated alkanes) is 2. The van der Waals surface area contributed by atoms with E-state index in [1.165, 1.54) is 38.0 Å². The van der Waals surface area contributed by atoms with Crippen molar-refractivity contribution in [3.63, 3.8) is 0 Å². The highest BCUT2D eigenvalue weighted by Gasteiger charge is 2.39. The Balaban J connectivity index is 0.00000518. The number of imide groups is 1. The summed E-state index contributed by atoms with van der Waals surface area (Å²) in [5.41, 5.74) is -0.127. The monoisotopic (exact) mass is 650 g/mol. The second-order valence-electron chi connectivity index (χ2n) is 11.0. The number of hydrogen-bond acceptors (Lipinski definition) is 10. The minimum Gasteiger partial charge on any atom is -0.493 e. The fraction of sp³-hybridized carbons (Fsp3) is 0.656. The molecule has 1 saturated heterocycles. The maximum absolute atomic E-state index is 12.3. The summed E-state index contributed by atoms with van der Waals surface area (Å²) < 4.78 is 16.0. The molecule has 0 spiro atoms. The smallest absolute Gasteiger partial charge is 0.303 e. The van der Waals surface area contributed by atoms with Gasteiger partial charge in [0.2, 0.25) is 23.6 Å². The van der Waals surface area contributed by atoms with Gasteiger partial charge in [-0.25, -0.2) is 0 Å². The quantitative estimate of drug-likeness (QED) is 0.0722. The van der Waals surface area contributed by atoms with E-state index in [1.807, 2.05) is 27.7 Å². The highest BCUT2D eigenvalue weighted by molar-refractivity contribution is 6.03. The molecule has 46 heavy (non-hydrogen) atoms. The van der Waals surface area contributed by atoms with Crippen LogP contribution >= 0.6 is 0 Å². The number of nitro benzene ring substituents is 1. The molecule has 1 aromatic carbocycles. The number of likely N-dealkylation sites (tertiary alicyclic amines) is 1. The van der Waals surface area contributed by atoms with Crippen LogP contribution in [0.3, 0.4) is 0 Å². The molecular weight excluding hydrogens is 600 g/mol. The number of nitrogens with one attached hydrogen (secondary N) is 2. The van der Waals surface area contributed by atoms with Crippen LogP contribution in [0.15, 0.2) is 12.1 Å². The number of nitrogens with zero attached hydrogens (tertiary/aromatic N) is 2. The maximum atomic E-state index is 12.3. The summed E-state index contributed by atoms with van der Waals surface area (Å²) in [6.45, 7) is 11.6. The van der Waals surface area contributed by atoms with Gasteiger partial charge in [-0.2, -0.15) is 0 Å². The number of hydrogen-bond donors (Lipinski definition) is 2. The van der Waals surface area contributed by atoms with Gasteiger partial charge in [0.15, 0.2) is 11.5 Å². The van der Waals surface area contributed by atoms with Crippen LogP contribution in [0.4, 0.5) is 5.69 Å². The fourth-order valence-corrected chi connectivity index (χ4v) is 4.83. The Hall–Kier alpha value is -4.23. The molecule has 0 bridgehead atoms. The Morgan fingerprint density at radius 3 is 2.11 bits per heavy atom. The topological polar surface area (TPSA) is 183 Å². The molecule has 0 saturated carbocycles. The first-order valence-electron chi connectivity index (χ1n) is 15.9. The van der Waals surface area contributed by atoms with E-state index < -0.39 is 17.0 Å². The van der Waals surface area contributed by atoms with Crippen molar-refractivity contribution in [3.05, 3.63) is 27.8 Å². The molecule has 0 aromatic heterocycles. The molecule has 14 heteroatoms. The lowest BCUT2D eigenvalue weighted by atomic mass is 9.94. The predicted molar refractivity (Wildman–Crippen MR) is 170 cm³/mol. The molecule has 0 aliphatic carbocycles. The summed E-state index contributed by atoms with van der Waals surface area (Å²) in [6.07, 6.45) is 2.18. The number of ether oxygens (including phenoxy) is 3. The SMILES string of the molecule is CC.COc1cc(C(C)OC(C)=O)c([N+](=O)[O-])cc1OCCCC(=O)NCCNC(=O)CCCCCN1C(=O)CC(C(C)C)C1=O. The highest BCUT2D eigenvalue weighted by Crippen LogP contribution is 2.38. The van der Waals surface area contributed by atoms with Gasteiger partial charge in [-0.05, 0) is 38.2 Å². The van der Waals surface area contributed by atoms with Crippen LogP contribution in [0.25, 0.3) is 0 Å². The predicted octanol–water partition coefficient (Wildman–Crippen LogP) is 4.24. The van der Waals surface area contributed by atoms with Gasteiger partial charge in [0.25, 0.3) is 5.69 Å². The molecule has 1 aliphatic heterocycles. The molecule has 1 fully saturated rings. The lowest BCUT2D eigenvalue weighted by Crippen LogP contribution is -2.34. The molecule has 2 atom stereocenters. The average Bonchev–Trinajstić information content (AvgIpc) is 3.30. The molecule has 2 N–H and O–H groups in total. The molecule has 258 valence electrons. The van der Waals surface area contributed by atoms with E-state index in [-0.39, 0.29) is 90.8 Å². The molecule has 1 aliphatic rings. The Morgan fingerprint density at radius 2 is 1.59 bits per heavy atom. The van der Waals surface area contributed by atoms with Crippen LogP contribution < -0.4 is 20.1 Å². The van der Waals surface area contributed by atoms with E-state index in [9.17, 15) is 34.1 Å². The van der Waals surface area contributed by atoms with E-state index in [2.05, 4.69) is 10.6 Å². The van der Waals surface area contributed by atoms with Crippen LogP contribution in [-0.4, -0.2) is 72.8 Å². The fourth-order valence-electron chi connectivity index (χ4n) is 4.83. The Kier molecular flexibility index (Phi) is 17.9. The van der Waals surface area contributed by atoms with Crippen molar-refractivity contribution >= 4 is 35.3 Å². The third-order valence-electron chi connectivity index (χ3n) is 7.23. The number of carbonyl (C=O) groups excluding carboxylic acids is 5. The summed E-state index contributed by atoms with van der Waals surface area (Å²) in [5, 5.41) is 17.0. The zero-order chi connectivity index (χ0) is 34.8. The zero-order valence-corrected chi connectivity index (χ0v) is 28.1. The Labute approximate surface area is 271 Å². The van der Waals surface area contributed by atoms with Crippen LogP contribution in [0.1, 0.15) is 98.2 Å². The first-order chi connectivity index (χ1) is 21.8. The van der Waals surface area contributed by atoms with Crippen molar-refractivity contribution in [2.24, 2.45) is 11.8 Å². The van der Waals surface area contributed by atoms with E-state index in [0.29, 0.717) is 38.6 Å². The molecule has 2 unspecified atom stereocenters. The lowest BCUT2D eigenvalue weighted by molar-refractivity contribution is -0.386. The molecule has 0 radical (unpaired) electrons. The number of carbonyl (C=O) groups is 5. The molecular formula is C32H50N4O10. The summed E-state index contributed by atoms with van der Waals surface area (Å²) in [5.74, 6) is -0.919. The second-order valence-corrected chi connectivity index (χ2v) is 11.0. The Morgan fingerprint density at radius 1 is 0.978 bits per heavy atom. The minimum absolute atomic E-state index is 0.0922. The van der Waals surface area contributed by atoms with Crippen LogP contribution in [-0.2, 0) is 28.7 Å². The number of rotatable bonds is 19. The number of benzene rings is 1. The standard InChI is InChI=1S/C30H44N4O10.C2H6/c1-19(2)22-17-29(38)33(30(22)39)14-8-6-7-10-27(36)31-12-13-32-28(37)11-9-15-43-26-18-24(34(40)41)23(16-25(26)42-5)20(3)44-21(4)35;1-2/h16,18-20,22H,6-15,17H2,1-5H3,(H,31,36)(H,32,37);1-2H3. The minimum atomic E-state index is -0.867. The number of nitro groups is 1. The van der Waals surface area contributed by atoms with Crippen molar-refractivity contribution < 1.29 is 43.1 Å². The number of methoxy groups -OCH3 is 1. The van der Waals surface area contributed by atoms with Crippen molar-refractivity contribution in [2.45, 2.75) is 92.6 Å². The summed E-state index contributed by atoms with van der Waals surface area (Å²) >= 11 is 0. The maximum Gasteiger partial charge on any atom is 0.303 e. The van der Waals surface area contributed by atoms with Crippen molar-refractivity contribution in [1.82, 2.24) is 15.5 Å². The summed E-state index contributed by atoms with van der Waals surface area (Å²) in [6, 6.07) is 2.59. The average molecular weight is 651 g/mol. The Bertz CT molecular complexity index is 1200. The van der Waals surface area contributed by atoms with Gasteiger partial charge in [-0.3, -0.25) is 39.0 Å². The molecule has 1 aromatic rings. The van der Waals surface area contributed by atoms with Crippen molar-refractivity contribution in [2.75, 3.05) is 33.4 Å². The van der Waals surface area contributed by atoms with Gasteiger partial charge in [0.05, 0.1) is 30.3 Å². The van der Waals surface area contributed by atoms with Crippen LogP contribution in [0.5, 0.6) is 11.5 Å². The van der Waals surface area contributed by atoms with E-state index in [0.717, 1.165) is 0 Å². The number of amides is 4. The van der Waals surface area contributed by atoms with Gasteiger partial charge in [-0.15, -0.1) is 0 Å². The molecule has 1 heterocycles. The van der Waals surface area contributed by atoms with Gasteiger partial charge in [0.1, 0.15) is 6.10 Å². The number of esters is 1. The molecule has 14 nitrogen and oxygen atoms in total. The normalized spacial score (nSPS) is 14.7. The van der Waals surface area contributed by atoms with Crippen molar-refractivity contribution in [3.8, 4) is 11.5 Å². The molecule has 2 rings (SSSR count). The largest absolute Gasteiger partial charge is 0.493 e. The van der Waals surface area contributed by atoms with Gasteiger partial charge < -0.3 is 24.8 Å². The van der Waals surface area contributed by atoms with E-state index >= 15 is 0 Å². The summed E-state index contributed by atoms with van der Waals surface area (Å²) in [7, 11) is 1.38. The highest BCUT2D eigenvalue weighted by atomic mass is 16.6.